The van der Waals surface area contributed by atoms with E-state index in [2.05, 4.69) is 20.8 Å². The molecule has 0 fully saturated rings. The van der Waals surface area contributed by atoms with Gasteiger partial charge in [0.15, 0.2) is 0 Å². The van der Waals surface area contributed by atoms with Gasteiger partial charge in [-0.2, -0.15) is 0 Å². The van der Waals surface area contributed by atoms with Gasteiger partial charge in [-0.05, 0) is 19.9 Å². The van der Waals surface area contributed by atoms with Gasteiger partial charge in [0.1, 0.15) is 11.0 Å². The Hall–Kier alpha value is -2.28. The fourth-order valence-electron chi connectivity index (χ4n) is 1.83. The first-order chi connectivity index (χ1) is 10.9. The number of benzene rings is 1. The first-order valence-corrected chi connectivity index (χ1v) is 8.20. The molecule has 6 nitrogen and oxygen atoms in total. The van der Waals surface area contributed by atoms with Crippen molar-refractivity contribution in [2.75, 3.05) is 5.32 Å². The molecule has 0 aliphatic rings. The lowest BCUT2D eigenvalue weighted by Crippen LogP contribution is -2.43. The number of nitrogens with one attached hydrogen (secondary N) is 2. The van der Waals surface area contributed by atoms with E-state index in [-0.39, 0.29) is 17.7 Å². The monoisotopic (exact) mass is 332 g/mol. The minimum Gasteiger partial charge on any atom is -0.344 e. The predicted octanol–water partition coefficient (Wildman–Crippen LogP) is 2.61. The van der Waals surface area contributed by atoms with Crippen LogP contribution >= 0.6 is 11.3 Å². The number of hydrogen-bond acceptors (Lipinski definition) is 5. The first kappa shape index (κ1) is 17.1. The van der Waals surface area contributed by atoms with Gasteiger partial charge in [0, 0.05) is 11.5 Å². The lowest BCUT2D eigenvalue weighted by Gasteiger charge is -2.14. The van der Waals surface area contributed by atoms with Crippen LogP contribution in [0.25, 0.3) is 10.6 Å². The minimum atomic E-state index is -0.629. The molecule has 0 aliphatic carbocycles. The second kappa shape index (κ2) is 7.32. The normalized spacial score (nSPS) is 12.0. The molecule has 23 heavy (non-hydrogen) atoms. The lowest BCUT2D eigenvalue weighted by atomic mass is 10.1. The fourth-order valence-corrected chi connectivity index (χ4v) is 2.57. The molecule has 2 amide bonds. The van der Waals surface area contributed by atoms with E-state index in [9.17, 15) is 9.59 Å². The average Bonchev–Trinajstić information content (AvgIpc) is 2.95. The summed E-state index contributed by atoms with van der Waals surface area (Å²) in [6.45, 7) is 7.20. The molecule has 1 aromatic heterocycles. The van der Waals surface area contributed by atoms with Gasteiger partial charge in [0.05, 0.1) is 0 Å². The van der Waals surface area contributed by atoms with Crippen LogP contribution in [-0.2, 0) is 9.59 Å². The second-order valence-corrected chi connectivity index (χ2v) is 6.63. The molecule has 1 atom stereocenters. The molecule has 1 heterocycles. The third-order valence-corrected chi connectivity index (χ3v) is 4.08. The molecule has 122 valence electrons. The Bertz CT molecular complexity index is 712. The van der Waals surface area contributed by atoms with Crippen molar-refractivity contribution in [2.24, 2.45) is 5.92 Å². The third-order valence-electron chi connectivity index (χ3n) is 3.20. The van der Waals surface area contributed by atoms with Crippen LogP contribution in [0, 0.1) is 12.8 Å². The first-order valence-electron chi connectivity index (χ1n) is 7.38. The number of nitrogens with zero attached hydrogens (tertiary/aromatic N) is 2. The minimum absolute atomic E-state index is 0.162. The smallest absolute Gasteiger partial charge is 0.248 e. The number of aryl methyl sites for hydroxylation is 1. The molecule has 1 aromatic carbocycles. The van der Waals surface area contributed by atoms with Gasteiger partial charge in [0.25, 0.3) is 0 Å². The molecule has 2 N–H and O–H groups in total. The van der Waals surface area contributed by atoms with Crippen molar-refractivity contribution in [3.63, 3.8) is 0 Å². The highest BCUT2D eigenvalue weighted by atomic mass is 32.1. The molecule has 0 spiro atoms. The van der Waals surface area contributed by atoms with Gasteiger partial charge in [-0.15, -0.1) is 10.2 Å². The average molecular weight is 332 g/mol. The number of amides is 2. The molecule has 2 aromatic rings. The number of carbonyl (C=O) groups is 2. The molecule has 0 aliphatic heterocycles. The number of rotatable bonds is 5. The van der Waals surface area contributed by atoms with Crippen molar-refractivity contribution in [3.05, 3.63) is 29.8 Å². The predicted molar refractivity (Wildman–Crippen MR) is 91.2 cm³/mol. The van der Waals surface area contributed by atoms with Crippen molar-refractivity contribution >= 4 is 28.3 Å². The quantitative estimate of drug-likeness (QED) is 0.881. The largest absolute Gasteiger partial charge is 0.344 e. The van der Waals surface area contributed by atoms with E-state index in [1.165, 1.54) is 11.3 Å². The molecular weight excluding hydrogens is 312 g/mol. The van der Waals surface area contributed by atoms with Crippen LogP contribution in [0.15, 0.2) is 24.3 Å². The number of hydrogen-bond donors (Lipinski definition) is 2. The van der Waals surface area contributed by atoms with Crippen LogP contribution in [-0.4, -0.2) is 28.1 Å². The van der Waals surface area contributed by atoms with Crippen LogP contribution in [0.1, 0.15) is 26.3 Å². The summed E-state index contributed by atoms with van der Waals surface area (Å²) in [4.78, 5) is 23.7. The zero-order valence-corrected chi connectivity index (χ0v) is 14.4. The van der Waals surface area contributed by atoms with E-state index in [1.807, 2.05) is 31.2 Å². The Morgan fingerprint density at radius 3 is 2.52 bits per heavy atom. The van der Waals surface area contributed by atoms with Crippen LogP contribution in [0.2, 0.25) is 0 Å². The molecular formula is C16H20N4O2S. The molecule has 0 saturated carbocycles. The summed E-state index contributed by atoms with van der Waals surface area (Å²) in [6, 6.07) is 7.29. The number of carbonyl (C=O) groups excluding carboxylic acids is 2. The molecule has 7 heteroatoms. The summed E-state index contributed by atoms with van der Waals surface area (Å²) in [5.74, 6) is -0.643. The van der Waals surface area contributed by atoms with Gasteiger partial charge in [-0.25, -0.2) is 0 Å². The van der Waals surface area contributed by atoms with Gasteiger partial charge in [0.2, 0.25) is 16.9 Å². The Morgan fingerprint density at radius 1 is 1.13 bits per heavy atom. The number of aromatic nitrogens is 2. The van der Waals surface area contributed by atoms with Crippen molar-refractivity contribution in [1.82, 2.24) is 15.5 Å². The highest BCUT2D eigenvalue weighted by Gasteiger charge is 2.19. The van der Waals surface area contributed by atoms with E-state index < -0.39 is 6.04 Å². The van der Waals surface area contributed by atoms with E-state index in [0.717, 1.165) is 16.1 Å². The Kier molecular flexibility index (Phi) is 5.44. The third kappa shape index (κ3) is 4.59. The summed E-state index contributed by atoms with van der Waals surface area (Å²) < 4.78 is 0. The van der Waals surface area contributed by atoms with Crippen molar-refractivity contribution < 1.29 is 9.59 Å². The van der Waals surface area contributed by atoms with E-state index in [1.54, 1.807) is 20.8 Å². The Labute approximate surface area is 139 Å². The highest BCUT2D eigenvalue weighted by molar-refractivity contribution is 7.18. The summed E-state index contributed by atoms with van der Waals surface area (Å²) in [7, 11) is 0. The Morgan fingerprint density at radius 2 is 1.87 bits per heavy atom. The summed E-state index contributed by atoms with van der Waals surface area (Å²) in [5.41, 5.74) is 2.09. The fraction of sp³-hybridized carbons (Fsp3) is 0.375. The van der Waals surface area contributed by atoms with Crippen molar-refractivity contribution in [1.29, 1.82) is 0 Å². The van der Waals surface area contributed by atoms with Crippen LogP contribution in [0.5, 0.6) is 0 Å². The van der Waals surface area contributed by atoms with E-state index in [0.29, 0.717) is 5.13 Å². The summed E-state index contributed by atoms with van der Waals surface area (Å²) >= 11 is 1.30. The molecule has 0 unspecified atom stereocenters. The van der Waals surface area contributed by atoms with Gasteiger partial charge >= 0.3 is 0 Å². The maximum atomic E-state index is 12.1. The number of anilines is 1. The SMILES string of the molecule is Cc1cccc(-c2nnc(NC(=O)[C@@H](C)NC(=O)C(C)C)s2)c1. The molecule has 0 radical (unpaired) electrons. The summed E-state index contributed by atoms with van der Waals surface area (Å²) in [6.07, 6.45) is 0. The van der Waals surface area contributed by atoms with Crippen molar-refractivity contribution in [3.8, 4) is 10.6 Å². The van der Waals surface area contributed by atoms with E-state index >= 15 is 0 Å². The maximum absolute atomic E-state index is 12.1. The van der Waals surface area contributed by atoms with E-state index in [4.69, 9.17) is 0 Å². The van der Waals surface area contributed by atoms with Gasteiger partial charge in [-0.3, -0.25) is 14.9 Å². The zero-order chi connectivity index (χ0) is 17.0. The van der Waals surface area contributed by atoms with Crippen LogP contribution in [0.3, 0.4) is 0 Å². The van der Waals surface area contributed by atoms with Crippen LogP contribution < -0.4 is 10.6 Å². The zero-order valence-electron chi connectivity index (χ0n) is 13.6. The van der Waals surface area contributed by atoms with Gasteiger partial charge in [-0.1, -0.05) is 48.9 Å². The van der Waals surface area contributed by atoms with Crippen LogP contribution in [0.4, 0.5) is 5.13 Å². The van der Waals surface area contributed by atoms with Crippen molar-refractivity contribution in [2.45, 2.75) is 33.7 Å². The topological polar surface area (TPSA) is 84.0 Å². The maximum Gasteiger partial charge on any atom is 0.248 e. The molecule has 0 bridgehead atoms. The highest BCUT2D eigenvalue weighted by Crippen LogP contribution is 2.26. The second-order valence-electron chi connectivity index (χ2n) is 5.66. The standard InChI is InChI=1S/C16H20N4O2S/c1-9(2)13(21)17-11(4)14(22)18-16-20-19-15(23-16)12-7-5-6-10(3)8-12/h5-9,11H,1-4H3,(H,17,21)(H,18,20,22)/t11-/m1/s1. The lowest BCUT2D eigenvalue weighted by molar-refractivity contribution is -0.128. The van der Waals surface area contributed by atoms with Gasteiger partial charge < -0.3 is 5.32 Å². The molecule has 2 rings (SSSR count). The molecule has 0 saturated heterocycles. The Balaban J connectivity index is 2.01. The summed E-state index contributed by atoms with van der Waals surface area (Å²) in [5, 5.41) is 14.6.